The highest BCUT2D eigenvalue weighted by atomic mass is 16.8. The van der Waals surface area contributed by atoms with Gasteiger partial charge in [-0.15, -0.1) is 0 Å². The summed E-state index contributed by atoms with van der Waals surface area (Å²) in [6.45, 7) is -0.103. The van der Waals surface area contributed by atoms with Crippen LogP contribution in [-0.4, -0.2) is 15.4 Å². The van der Waals surface area contributed by atoms with Gasteiger partial charge in [-0.2, -0.15) is 0 Å². The van der Waals surface area contributed by atoms with Gasteiger partial charge in [0.1, 0.15) is 6.54 Å². The van der Waals surface area contributed by atoms with Crippen LogP contribution in [0.5, 0.6) is 0 Å². The Hall–Kier alpha value is -1.62. The first kappa shape index (κ1) is 8.48. The third-order valence-corrected chi connectivity index (χ3v) is 1.36. The lowest BCUT2D eigenvalue weighted by atomic mass is 10.2. The minimum Gasteiger partial charge on any atom is -0.236 e. The summed E-state index contributed by atoms with van der Waals surface area (Å²) in [6.07, 6.45) is 0. The SMILES string of the molecule is O=[N+]([O-])N(O)Cc1ccccc1. The third-order valence-electron chi connectivity index (χ3n) is 1.36. The van der Waals surface area contributed by atoms with Crippen molar-refractivity contribution in [3.05, 3.63) is 46.0 Å². The Morgan fingerprint density at radius 2 is 2.00 bits per heavy atom. The predicted octanol–water partition coefficient (Wildman–Crippen LogP) is 1.07. The van der Waals surface area contributed by atoms with Gasteiger partial charge in [0.15, 0.2) is 5.03 Å². The first-order chi connectivity index (χ1) is 5.70. The molecule has 0 aliphatic carbocycles. The summed E-state index contributed by atoms with van der Waals surface area (Å²) in [5.74, 6) is 0. The van der Waals surface area contributed by atoms with Gasteiger partial charge in [-0.05, 0) is 5.56 Å². The highest BCUT2D eigenvalue weighted by Gasteiger charge is 2.09. The quantitative estimate of drug-likeness (QED) is 0.541. The maximum absolute atomic E-state index is 9.99. The Balaban J connectivity index is 2.58. The molecule has 5 heteroatoms. The fourth-order valence-electron chi connectivity index (χ4n) is 0.804. The van der Waals surface area contributed by atoms with E-state index in [-0.39, 0.29) is 11.7 Å². The van der Waals surface area contributed by atoms with E-state index in [0.29, 0.717) is 5.56 Å². The van der Waals surface area contributed by atoms with Crippen LogP contribution < -0.4 is 0 Å². The Morgan fingerprint density at radius 1 is 1.42 bits per heavy atom. The normalized spacial score (nSPS) is 9.42. The van der Waals surface area contributed by atoms with E-state index in [1.165, 1.54) is 0 Å². The number of nitrogens with zero attached hydrogens (tertiary/aromatic N) is 2. The molecule has 0 spiro atoms. The smallest absolute Gasteiger partial charge is 0.187 e. The maximum atomic E-state index is 9.99. The van der Waals surface area contributed by atoms with E-state index in [4.69, 9.17) is 5.21 Å². The molecule has 0 heterocycles. The minimum absolute atomic E-state index is 0.0509. The Morgan fingerprint density at radius 3 is 2.50 bits per heavy atom. The number of hydrazine groups is 1. The zero-order valence-electron chi connectivity index (χ0n) is 6.25. The minimum atomic E-state index is -0.868. The van der Waals surface area contributed by atoms with Gasteiger partial charge in [0.05, 0.1) is 0 Å². The monoisotopic (exact) mass is 168 g/mol. The number of benzene rings is 1. The molecule has 0 aliphatic heterocycles. The summed E-state index contributed by atoms with van der Waals surface area (Å²) in [6, 6.07) is 8.71. The summed E-state index contributed by atoms with van der Waals surface area (Å²) >= 11 is 0. The molecule has 1 aromatic carbocycles. The van der Waals surface area contributed by atoms with Gasteiger partial charge >= 0.3 is 0 Å². The second-order valence-corrected chi connectivity index (χ2v) is 2.25. The molecule has 64 valence electrons. The molecule has 1 N–H and O–H groups in total. The van der Waals surface area contributed by atoms with Crippen LogP contribution in [0.1, 0.15) is 5.56 Å². The van der Waals surface area contributed by atoms with E-state index >= 15 is 0 Å². The molecule has 0 atom stereocenters. The number of nitro groups is 1. The lowest BCUT2D eigenvalue weighted by Crippen LogP contribution is -2.25. The van der Waals surface area contributed by atoms with Crippen molar-refractivity contribution < 1.29 is 10.2 Å². The molecule has 0 unspecified atom stereocenters. The highest BCUT2D eigenvalue weighted by molar-refractivity contribution is 5.13. The molecule has 0 bridgehead atoms. The maximum Gasteiger partial charge on any atom is 0.187 e. The Bertz CT molecular complexity index is 263. The molecule has 12 heavy (non-hydrogen) atoms. The van der Waals surface area contributed by atoms with Crippen molar-refractivity contribution in [2.24, 2.45) is 0 Å². The molecule has 0 amide bonds. The zero-order chi connectivity index (χ0) is 8.97. The second kappa shape index (κ2) is 3.68. The van der Waals surface area contributed by atoms with Crippen molar-refractivity contribution in [1.29, 1.82) is 0 Å². The fraction of sp³-hybridized carbons (Fsp3) is 0.143. The molecule has 1 aromatic rings. The lowest BCUT2D eigenvalue weighted by molar-refractivity contribution is -0.732. The van der Waals surface area contributed by atoms with Crippen molar-refractivity contribution in [2.75, 3.05) is 0 Å². The Labute approximate surface area is 68.9 Å². The molecule has 0 aromatic heterocycles. The van der Waals surface area contributed by atoms with Crippen molar-refractivity contribution >= 4 is 0 Å². The molecule has 0 saturated carbocycles. The molecule has 0 fully saturated rings. The first-order valence-corrected chi connectivity index (χ1v) is 3.35. The number of hydrogen-bond acceptors (Lipinski definition) is 3. The standard InChI is InChI=1S/C7H8N2O3/c10-8(9(11)12)6-7-4-2-1-3-5-7/h1-5,10H,6H2. The number of rotatable bonds is 3. The summed E-state index contributed by atoms with van der Waals surface area (Å²) in [5.41, 5.74) is 0.691. The van der Waals surface area contributed by atoms with Crippen LogP contribution in [0.3, 0.4) is 0 Å². The van der Waals surface area contributed by atoms with Crippen LogP contribution in [0.2, 0.25) is 0 Å². The van der Waals surface area contributed by atoms with Crippen LogP contribution in [0.4, 0.5) is 0 Å². The number of hydroxylamine groups is 1. The molecule has 1 rings (SSSR count). The van der Waals surface area contributed by atoms with Crippen LogP contribution in [0.25, 0.3) is 0 Å². The topological polar surface area (TPSA) is 66.6 Å². The van der Waals surface area contributed by atoms with Gasteiger partial charge in [-0.1, -0.05) is 30.3 Å². The second-order valence-electron chi connectivity index (χ2n) is 2.25. The van der Waals surface area contributed by atoms with E-state index in [0.717, 1.165) is 0 Å². The average Bonchev–Trinajstić information content (AvgIpc) is 2.06. The van der Waals surface area contributed by atoms with E-state index < -0.39 is 5.03 Å². The molecular weight excluding hydrogens is 160 g/mol. The zero-order valence-corrected chi connectivity index (χ0v) is 6.25. The molecule has 5 nitrogen and oxygen atoms in total. The summed E-state index contributed by atoms with van der Waals surface area (Å²) < 4.78 is 0. The van der Waals surface area contributed by atoms with Gasteiger partial charge in [0, 0.05) is 5.17 Å². The van der Waals surface area contributed by atoms with Crippen LogP contribution in [0.15, 0.2) is 30.3 Å². The van der Waals surface area contributed by atoms with Crippen molar-refractivity contribution in [3.8, 4) is 0 Å². The molecule has 0 aliphatic rings. The highest BCUT2D eigenvalue weighted by Crippen LogP contribution is 2.01. The van der Waals surface area contributed by atoms with Crippen molar-refractivity contribution in [3.63, 3.8) is 0 Å². The van der Waals surface area contributed by atoms with Crippen LogP contribution in [0, 0.1) is 10.1 Å². The largest absolute Gasteiger partial charge is 0.236 e. The average molecular weight is 168 g/mol. The van der Waals surface area contributed by atoms with Crippen LogP contribution in [-0.2, 0) is 6.54 Å². The number of hydrogen-bond donors (Lipinski definition) is 1. The van der Waals surface area contributed by atoms with Gasteiger partial charge < -0.3 is 0 Å². The van der Waals surface area contributed by atoms with Crippen molar-refractivity contribution in [2.45, 2.75) is 6.54 Å². The Kier molecular flexibility index (Phi) is 2.60. The summed E-state index contributed by atoms with van der Waals surface area (Å²) in [7, 11) is 0. The molecule has 0 saturated heterocycles. The fourth-order valence-corrected chi connectivity index (χ4v) is 0.804. The predicted molar refractivity (Wildman–Crippen MR) is 40.8 cm³/mol. The summed E-state index contributed by atoms with van der Waals surface area (Å²) in [4.78, 5) is 9.99. The first-order valence-electron chi connectivity index (χ1n) is 3.35. The van der Waals surface area contributed by atoms with Gasteiger partial charge in [0.25, 0.3) is 0 Å². The van der Waals surface area contributed by atoms with E-state index in [2.05, 4.69) is 0 Å². The van der Waals surface area contributed by atoms with E-state index in [1.807, 2.05) is 0 Å². The lowest BCUT2D eigenvalue weighted by Gasteiger charge is -2.04. The van der Waals surface area contributed by atoms with Crippen molar-refractivity contribution in [1.82, 2.24) is 5.17 Å². The van der Waals surface area contributed by atoms with Crippen LogP contribution >= 0.6 is 0 Å². The van der Waals surface area contributed by atoms with Gasteiger partial charge in [-0.3, -0.25) is 0 Å². The van der Waals surface area contributed by atoms with E-state index in [9.17, 15) is 10.1 Å². The molecular formula is C7H8N2O3. The van der Waals surface area contributed by atoms with E-state index in [1.54, 1.807) is 30.3 Å². The van der Waals surface area contributed by atoms with Gasteiger partial charge in [0.2, 0.25) is 0 Å². The van der Waals surface area contributed by atoms with Gasteiger partial charge in [-0.25, -0.2) is 15.3 Å². The molecule has 0 radical (unpaired) electrons. The third kappa shape index (κ3) is 2.21. The summed E-state index contributed by atoms with van der Waals surface area (Å²) in [5, 5.41) is 17.9.